The lowest BCUT2D eigenvalue weighted by atomic mass is 10.2. The van der Waals surface area contributed by atoms with E-state index in [1.54, 1.807) is 17.4 Å². The maximum Gasteiger partial charge on any atom is 0.163 e. The Morgan fingerprint density at radius 1 is 1.33 bits per heavy atom. The largest absolute Gasteiger partial charge is 0.454 e. The van der Waals surface area contributed by atoms with E-state index >= 15 is 0 Å². The van der Waals surface area contributed by atoms with Crippen molar-refractivity contribution in [3.8, 4) is 16.8 Å². The molecule has 0 atom stereocenters. The zero-order valence-corrected chi connectivity index (χ0v) is 12.4. The van der Waals surface area contributed by atoms with Crippen LogP contribution in [0, 0.1) is 11.3 Å². The molecule has 0 bridgehead atoms. The van der Waals surface area contributed by atoms with Crippen LogP contribution in [0.3, 0.4) is 0 Å². The molecule has 3 aromatic rings. The molecular formula is C15H9N3OS2. The van der Waals surface area contributed by atoms with Gasteiger partial charge in [0.2, 0.25) is 0 Å². The first-order valence-electron chi connectivity index (χ1n) is 6.05. The van der Waals surface area contributed by atoms with Crippen LogP contribution in [0.2, 0.25) is 0 Å². The first kappa shape index (κ1) is 13.5. The average Bonchev–Trinajstić information content (AvgIpc) is 3.10. The highest BCUT2D eigenvalue weighted by molar-refractivity contribution is 7.80. The zero-order chi connectivity index (χ0) is 14.8. The number of thiazole rings is 1. The van der Waals surface area contributed by atoms with Crippen molar-refractivity contribution in [2.24, 2.45) is 5.73 Å². The molecule has 0 aliphatic rings. The van der Waals surface area contributed by atoms with Crippen molar-refractivity contribution in [1.82, 2.24) is 4.98 Å². The van der Waals surface area contributed by atoms with Crippen LogP contribution >= 0.6 is 23.6 Å². The number of benzene rings is 1. The number of hydrogen-bond acceptors (Lipinski definition) is 5. The minimum absolute atomic E-state index is 0.0513. The Kier molecular flexibility index (Phi) is 3.52. The second kappa shape index (κ2) is 5.48. The fraction of sp³-hybridized carbons (Fsp3) is 0. The molecule has 3 rings (SSSR count). The molecule has 102 valence electrons. The molecule has 0 amide bonds. The van der Waals surface area contributed by atoms with Crippen LogP contribution < -0.4 is 5.73 Å². The lowest BCUT2D eigenvalue weighted by Gasteiger charge is -1.92. The Bertz CT molecular complexity index is 866. The maximum atomic E-state index is 8.94. The number of para-hydroxylation sites is 1. The van der Waals surface area contributed by atoms with Gasteiger partial charge in [-0.25, -0.2) is 4.98 Å². The van der Waals surface area contributed by atoms with Crippen LogP contribution in [-0.4, -0.2) is 9.97 Å². The number of hydrogen-bond donors (Lipinski definition) is 1. The molecule has 0 saturated carbocycles. The summed E-state index contributed by atoms with van der Waals surface area (Å²) in [6.07, 6.45) is 1.53. The van der Waals surface area contributed by atoms with E-state index in [4.69, 9.17) is 27.6 Å². The van der Waals surface area contributed by atoms with E-state index in [-0.39, 0.29) is 10.6 Å². The number of nitrogens with two attached hydrogens (primary N) is 1. The van der Waals surface area contributed by atoms with Gasteiger partial charge in [-0.05, 0) is 24.3 Å². The highest BCUT2D eigenvalue weighted by Crippen LogP contribution is 2.31. The molecule has 4 nitrogen and oxygen atoms in total. The molecule has 0 unspecified atom stereocenters. The predicted molar refractivity (Wildman–Crippen MR) is 87.7 cm³/mol. The van der Waals surface area contributed by atoms with Crippen molar-refractivity contribution in [1.29, 1.82) is 5.26 Å². The van der Waals surface area contributed by atoms with Crippen LogP contribution in [-0.2, 0) is 0 Å². The summed E-state index contributed by atoms with van der Waals surface area (Å²) in [5.41, 5.74) is 6.61. The highest BCUT2D eigenvalue weighted by Gasteiger charge is 2.10. The predicted octanol–water partition coefficient (Wildman–Crippen LogP) is 3.75. The summed E-state index contributed by atoms with van der Waals surface area (Å²) in [6, 6.07) is 13.4. The van der Waals surface area contributed by atoms with Crippen LogP contribution in [0.25, 0.3) is 27.1 Å². The molecule has 0 radical (unpaired) electrons. The van der Waals surface area contributed by atoms with E-state index in [1.807, 2.05) is 36.4 Å². The minimum atomic E-state index is 0.0513. The van der Waals surface area contributed by atoms with Crippen molar-refractivity contribution < 1.29 is 4.42 Å². The number of furan rings is 1. The van der Waals surface area contributed by atoms with E-state index in [2.05, 4.69) is 4.98 Å². The Morgan fingerprint density at radius 3 is 2.86 bits per heavy atom. The Balaban J connectivity index is 1.98. The van der Waals surface area contributed by atoms with Crippen LogP contribution in [0.15, 0.2) is 46.4 Å². The molecule has 0 spiro atoms. The summed E-state index contributed by atoms with van der Waals surface area (Å²) in [5.74, 6) is 1.18. The quantitative estimate of drug-likeness (QED) is 0.453. The Hall–Kier alpha value is -2.49. The molecule has 0 aliphatic carbocycles. The van der Waals surface area contributed by atoms with Crippen molar-refractivity contribution >= 4 is 44.8 Å². The van der Waals surface area contributed by atoms with Gasteiger partial charge in [0.15, 0.2) is 10.8 Å². The number of aromatic nitrogens is 1. The van der Waals surface area contributed by atoms with E-state index in [1.165, 1.54) is 6.08 Å². The number of nitrogens with zero attached hydrogens (tertiary/aromatic N) is 2. The third-order valence-corrected chi connectivity index (χ3v) is 4.07. The molecule has 2 N–H and O–H groups in total. The van der Waals surface area contributed by atoms with Crippen LogP contribution in [0.1, 0.15) is 5.76 Å². The average molecular weight is 311 g/mol. The number of nitriles is 1. The Morgan fingerprint density at radius 2 is 2.14 bits per heavy atom. The smallest absolute Gasteiger partial charge is 0.163 e. The third kappa shape index (κ3) is 2.70. The van der Waals surface area contributed by atoms with Gasteiger partial charge in [-0.15, -0.1) is 11.3 Å². The molecule has 6 heteroatoms. The standard InChI is InChI=1S/C15H9N3OS2/c16-8-9(14(17)20)7-10-5-6-12(19-10)15-18-11-3-1-2-4-13(11)21-15/h1-7H,(H2,17,20)/b9-7-. The molecule has 2 heterocycles. The van der Waals surface area contributed by atoms with Crippen LogP contribution in [0.4, 0.5) is 0 Å². The number of fused-ring (bicyclic) bond motifs is 1. The zero-order valence-electron chi connectivity index (χ0n) is 10.7. The second-order valence-corrected chi connectivity index (χ2v) is 5.69. The molecular weight excluding hydrogens is 302 g/mol. The van der Waals surface area contributed by atoms with E-state index in [0.29, 0.717) is 11.5 Å². The molecule has 2 aromatic heterocycles. The van der Waals surface area contributed by atoms with Crippen molar-refractivity contribution in [2.75, 3.05) is 0 Å². The van der Waals surface area contributed by atoms with E-state index in [0.717, 1.165) is 15.2 Å². The maximum absolute atomic E-state index is 8.94. The first-order chi connectivity index (χ1) is 10.2. The molecule has 0 aliphatic heterocycles. The van der Waals surface area contributed by atoms with Gasteiger partial charge in [-0.3, -0.25) is 0 Å². The van der Waals surface area contributed by atoms with Gasteiger partial charge in [0.1, 0.15) is 16.8 Å². The fourth-order valence-corrected chi connectivity index (χ4v) is 2.86. The van der Waals surface area contributed by atoms with Gasteiger partial charge in [-0.1, -0.05) is 24.4 Å². The molecule has 0 saturated heterocycles. The van der Waals surface area contributed by atoms with Gasteiger partial charge in [0.05, 0.1) is 15.8 Å². The first-order valence-corrected chi connectivity index (χ1v) is 7.27. The topological polar surface area (TPSA) is 75.8 Å². The Labute approximate surface area is 130 Å². The SMILES string of the molecule is N#C/C(=C/c1ccc(-c2nc3ccccc3s2)o1)C(N)=S. The lowest BCUT2D eigenvalue weighted by Crippen LogP contribution is -2.09. The number of rotatable bonds is 3. The minimum Gasteiger partial charge on any atom is -0.454 e. The third-order valence-electron chi connectivity index (χ3n) is 2.80. The summed E-state index contributed by atoms with van der Waals surface area (Å²) < 4.78 is 6.79. The fourth-order valence-electron chi connectivity index (χ4n) is 1.82. The molecule has 1 aromatic carbocycles. The summed E-state index contributed by atoms with van der Waals surface area (Å²) >= 11 is 6.35. The molecule has 0 fully saturated rings. The highest BCUT2D eigenvalue weighted by atomic mass is 32.1. The van der Waals surface area contributed by atoms with Gasteiger partial charge < -0.3 is 10.2 Å². The summed E-state index contributed by atoms with van der Waals surface area (Å²) in [7, 11) is 0. The normalized spacial score (nSPS) is 11.5. The summed E-state index contributed by atoms with van der Waals surface area (Å²) in [4.78, 5) is 4.57. The summed E-state index contributed by atoms with van der Waals surface area (Å²) in [5, 5.41) is 9.74. The van der Waals surface area contributed by atoms with Gasteiger partial charge in [0, 0.05) is 6.08 Å². The number of thiocarbonyl (C=S) groups is 1. The van der Waals surface area contributed by atoms with E-state index < -0.39 is 0 Å². The van der Waals surface area contributed by atoms with Gasteiger partial charge in [0.25, 0.3) is 0 Å². The van der Waals surface area contributed by atoms with Gasteiger partial charge in [-0.2, -0.15) is 5.26 Å². The van der Waals surface area contributed by atoms with Crippen LogP contribution in [0.5, 0.6) is 0 Å². The van der Waals surface area contributed by atoms with E-state index in [9.17, 15) is 0 Å². The van der Waals surface area contributed by atoms with Gasteiger partial charge >= 0.3 is 0 Å². The monoisotopic (exact) mass is 311 g/mol. The summed E-state index contributed by atoms with van der Waals surface area (Å²) in [6.45, 7) is 0. The second-order valence-electron chi connectivity index (χ2n) is 4.22. The van der Waals surface area contributed by atoms with Crippen molar-refractivity contribution in [3.63, 3.8) is 0 Å². The molecule has 21 heavy (non-hydrogen) atoms. The lowest BCUT2D eigenvalue weighted by molar-refractivity contribution is 0.571. The van der Waals surface area contributed by atoms with Crippen molar-refractivity contribution in [2.45, 2.75) is 0 Å². The van der Waals surface area contributed by atoms with Crippen molar-refractivity contribution in [3.05, 3.63) is 47.7 Å².